The van der Waals surface area contributed by atoms with Crippen LogP contribution in [0.15, 0.2) is 28.7 Å². The fourth-order valence-corrected chi connectivity index (χ4v) is 1.98. The second kappa shape index (κ2) is 5.51. The van der Waals surface area contributed by atoms with E-state index in [4.69, 9.17) is 4.74 Å². The second-order valence-corrected chi connectivity index (χ2v) is 4.96. The molecule has 1 amide bonds. The molecule has 2 rings (SSSR count). The Balaban J connectivity index is 1.90. The smallest absolute Gasteiger partial charge is 0.410 e. The number of hydrogen-bond donors (Lipinski definition) is 1. The first-order valence-corrected chi connectivity index (χ1v) is 6.35. The van der Waals surface area contributed by atoms with Crippen LogP contribution in [0.25, 0.3) is 0 Å². The summed E-state index contributed by atoms with van der Waals surface area (Å²) in [7, 11) is 0. The van der Waals surface area contributed by atoms with E-state index in [1.165, 1.54) is 0 Å². The molecule has 1 heterocycles. The maximum absolute atomic E-state index is 11.8. The van der Waals surface area contributed by atoms with Crippen molar-refractivity contribution in [1.82, 2.24) is 4.90 Å². The fraction of sp³-hybridized carbons (Fsp3) is 0.417. The van der Waals surface area contributed by atoms with Gasteiger partial charge in [0.05, 0.1) is 6.10 Å². The van der Waals surface area contributed by atoms with Gasteiger partial charge in [0.15, 0.2) is 0 Å². The van der Waals surface area contributed by atoms with Crippen LogP contribution in [0.4, 0.5) is 4.79 Å². The van der Waals surface area contributed by atoms with Crippen LogP contribution in [0, 0.1) is 0 Å². The van der Waals surface area contributed by atoms with Crippen LogP contribution in [-0.2, 0) is 0 Å². The van der Waals surface area contributed by atoms with E-state index < -0.39 is 0 Å². The van der Waals surface area contributed by atoms with Crippen LogP contribution in [0.5, 0.6) is 5.75 Å². The van der Waals surface area contributed by atoms with Gasteiger partial charge in [-0.05, 0) is 37.1 Å². The number of aliphatic hydroxyl groups excluding tert-OH is 1. The number of carbonyl (C=O) groups is 1. The van der Waals surface area contributed by atoms with Gasteiger partial charge in [-0.15, -0.1) is 0 Å². The first kappa shape index (κ1) is 12.4. The number of halogens is 1. The van der Waals surface area contributed by atoms with Gasteiger partial charge < -0.3 is 14.7 Å². The van der Waals surface area contributed by atoms with Crippen molar-refractivity contribution in [3.63, 3.8) is 0 Å². The number of likely N-dealkylation sites (tertiary alicyclic amines) is 1. The molecule has 92 valence electrons. The van der Waals surface area contributed by atoms with E-state index >= 15 is 0 Å². The predicted octanol–water partition coefficient (Wildman–Crippen LogP) is 2.40. The van der Waals surface area contributed by atoms with E-state index in [0.29, 0.717) is 31.7 Å². The highest BCUT2D eigenvalue weighted by molar-refractivity contribution is 9.10. The monoisotopic (exact) mass is 299 g/mol. The number of benzene rings is 1. The lowest BCUT2D eigenvalue weighted by molar-refractivity contribution is 0.0798. The highest BCUT2D eigenvalue weighted by atomic mass is 79.9. The van der Waals surface area contributed by atoms with Crippen molar-refractivity contribution < 1.29 is 14.6 Å². The summed E-state index contributed by atoms with van der Waals surface area (Å²) < 4.78 is 6.17. The zero-order valence-electron chi connectivity index (χ0n) is 9.30. The minimum Gasteiger partial charge on any atom is -0.410 e. The standard InChI is InChI=1S/C12H14BrNO3/c13-9-1-3-11(4-2-9)17-12(16)14-7-5-10(15)6-8-14/h1-4,10,15H,5-8H2. The van der Waals surface area contributed by atoms with E-state index in [1.807, 2.05) is 12.1 Å². The van der Waals surface area contributed by atoms with Gasteiger partial charge in [0.2, 0.25) is 0 Å². The number of nitrogens with zero attached hydrogens (tertiary/aromatic N) is 1. The van der Waals surface area contributed by atoms with Crippen LogP contribution in [0.2, 0.25) is 0 Å². The molecule has 1 saturated heterocycles. The molecule has 0 spiro atoms. The number of piperidine rings is 1. The number of aliphatic hydroxyl groups is 1. The maximum Gasteiger partial charge on any atom is 0.415 e. The van der Waals surface area contributed by atoms with Gasteiger partial charge in [0.1, 0.15) is 5.75 Å². The normalized spacial score (nSPS) is 16.9. The zero-order valence-corrected chi connectivity index (χ0v) is 10.9. The third kappa shape index (κ3) is 3.44. The molecule has 17 heavy (non-hydrogen) atoms. The summed E-state index contributed by atoms with van der Waals surface area (Å²) in [4.78, 5) is 13.4. The van der Waals surface area contributed by atoms with Gasteiger partial charge in [-0.3, -0.25) is 0 Å². The zero-order chi connectivity index (χ0) is 12.3. The van der Waals surface area contributed by atoms with Crippen molar-refractivity contribution >= 4 is 22.0 Å². The molecule has 5 heteroatoms. The predicted molar refractivity (Wildman–Crippen MR) is 67.0 cm³/mol. The number of carbonyl (C=O) groups excluding carboxylic acids is 1. The molecular weight excluding hydrogens is 286 g/mol. The molecule has 0 unspecified atom stereocenters. The van der Waals surface area contributed by atoms with Crippen molar-refractivity contribution in [2.45, 2.75) is 18.9 Å². The Hall–Kier alpha value is -1.07. The molecule has 0 atom stereocenters. The number of rotatable bonds is 1. The van der Waals surface area contributed by atoms with Crippen LogP contribution in [-0.4, -0.2) is 35.3 Å². The van der Waals surface area contributed by atoms with E-state index in [-0.39, 0.29) is 12.2 Å². The van der Waals surface area contributed by atoms with Gasteiger partial charge in [-0.25, -0.2) is 4.79 Å². The van der Waals surface area contributed by atoms with Crippen LogP contribution in [0.3, 0.4) is 0 Å². The van der Waals surface area contributed by atoms with Crippen molar-refractivity contribution in [2.24, 2.45) is 0 Å². The van der Waals surface area contributed by atoms with Crippen LogP contribution >= 0.6 is 15.9 Å². The molecule has 1 fully saturated rings. The number of amides is 1. The summed E-state index contributed by atoms with van der Waals surface area (Å²) in [5.41, 5.74) is 0. The Labute approximate surface area is 108 Å². The van der Waals surface area contributed by atoms with E-state index in [2.05, 4.69) is 15.9 Å². The van der Waals surface area contributed by atoms with Crippen LogP contribution in [0.1, 0.15) is 12.8 Å². The topological polar surface area (TPSA) is 49.8 Å². The Morgan fingerprint density at radius 1 is 1.29 bits per heavy atom. The molecule has 1 N–H and O–H groups in total. The van der Waals surface area contributed by atoms with Gasteiger partial charge in [0, 0.05) is 17.6 Å². The first-order chi connectivity index (χ1) is 8.15. The summed E-state index contributed by atoms with van der Waals surface area (Å²) in [6.45, 7) is 1.10. The Bertz CT molecular complexity index is 385. The Morgan fingerprint density at radius 3 is 2.47 bits per heavy atom. The highest BCUT2D eigenvalue weighted by Crippen LogP contribution is 2.18. The SMILES string of the molecule is O=C(Oc1ccc(Br)cc1)N1CCC(O)CC1. The minimum absolute atomic E-state index is 0.285. The molecule has 1 aliphatic rings. The molecule has 0 bridgehead atoms. The second-order valence-electron chi connectivity index (χ2n) is 4.04. The van der Waals surface area contributed by atoms with Crippen molar-refractivity contribution in [2.75, 3.05) is 13.1 Å². The molecule has 0 saturated carbocycles. The summed E-state index contributed by atoms with van der Waals surface area (Å²) in [6.07, 6.45) is 0.608. The summed E-state index contributed by atoms with van der Waals surface area (Å²) >= 11 is 3.32. The molecule has 1 aromatic carbocycles. The highest BCUT2D eigenvalue weighted by Gasteiger charge is 2.22. The summed E-state index contributed by atoms with van der Waals surface area (Å²) in [5, 5.41) is 9.35. The summed E-state index contributed by atoms with van der Waals surface area (Å²) in [6, 6.07) is 7.12. The summed E-state index contributed by atoms with van der Waals surface area (Å²) in [5.74, 6) is 0.532. The minimum atomic E-state index is -0.348. The number of ether oxygens (including phenoxy) is 1. The third-order valence-corrected chi connectivity index (χ3v) is 3.27. The maximum atomic E-state index is 11.8. The Morgan fingerprint density at radius 2 is 1.88 bits per heavy atom. The van der Waals surface area contributed by atoms with Crippen molar-refractivity contribution in [1.29, 1.82) is 0 Å². The lowest BCUT2D eigenvalue weighted by Crippen LogP contribution is -2.41. The molecule has 1 aliphatic heterocycles. The largest absolute Gasteiger partial charge is 0.415 e. The molecular formula is C12H14BrNO3. The molecule has 1 aromatic rings. The van der Waals surface area contributed by atoms with E-state index in [1.54, 1.807) is 17.0 Å². The van der Waals surface area contributed by atoms with E-state index in [9.17, 15) is 9.90 Å². The lowest BCUT2D eigenvalue weighted by Gasteiger charge is -2.28. The Kier molecular flexibility index (Phi) is 4.02. The van der Waals surface area contributed by atoms with E-state index in [0.717, 1.165) is 4.47 Å². The van der Waals surface area contributed by atoms with Gasteiger partial charge in [0.25, 0.3) is 0 Å². The van der Waals surface area contributed by atoms with Gasteiger partial charge in [-0.1, -0.05) is 15.9 Å². The number of hydrogen-bond acceptors (Lipinski definition) is 3. The molecule has 0 radical (unpaired) electrons. The fourth-order valence-electron chi connectivity index (χ4n) is 1.72. The first-order valence-electron chi connectivity index (χ1n) is 5.55. The van der Waals surface area contributed by atoms with Crippen LogP contribution < -0.4 is 4.74 Å². The third-order valence-electron chi connectivity index (χ3n) is 2.74. The van der Waals surface area contributed by atoms with Crippen molar-refractivity contribution in [3.8, 4) is 5.75 Å². The molecule has 0 aromatic heterocycles. The lowest BCUT2D eigenvalue weighted by atomic mass is 10.1. The van der Waals surface area contributed by atoms with Gasteiger partial charge >= 0.3 is 6.09 Å². The quantitative estimate of drug-likeness (QED) is 0.866. The molecule has 4 nitrogen and oxygen atoms in total. The molecule has 0 aliphatic carbocycles. The van der Waals surface area contributed by atoms with Crippen molar-refractivity contribution in [3.05, 3.63) is 28.7 Å². The average Bonchev–Trinajstić information content (AvgIpc) is 2.33. The average molecular weight is 300 g/mol. The van der Waals surface area contributed by atoms with Gasteiger partial charge in [-0.2, -0.15) is 0 Å².